The molecule has 1 atom stereocenters. The summed E-state index contributed by atoms with van der Waals surface area (Å²) < 4.78 is 16.9. The van der Waals surface area contributed by atoms with Gasteiger partial charge in [0.15, 0.2) is 0 Å². The predicted molar refractivity (Wildman–Crippen MR) is 92.4 cm³/mol. The van der Waals surface area contributed by atoms with Crippen molar-refractivity contribution in [2.24, 2.45) is 0 Å². The van der Waals surface area contributed by atoms with Crippen molar-refractivity contribution in [2.45, 2.75) is 38.9 Å². The number of amides is 1. The average Bonchev–Trinajstić information content (AvgIpc) is 2.97. The summed E-state index contributed by atoms with van der Waals surface area (Å²) in [4.78, 5) is 14.5. The van der Waals surface area contributed by atoms with E-state index in [1.807, 2.05) is 56.0 Å². The summed E-state index contributed by atoms with van der Waals surface area (Å²) in [6.07, 6.45) is 0.0617. The molecule has 0 radical (unpaired) electrons. The third-order valence-electron chi connectivity index (χ3n) is 4.02. The van der Waals surface area contributed by atoms with Crippen LogP contribution >= 0.6 is 0 Å². The molecule has 0 saturated carbocycles. The first-order valence-electron chi connectivity index (χ1n) is 8.47. The van der Waals surface area contributed by atoms with Gasteiger partial charge in [-0.2, -0.15) is 0 Å². The van der Waals surface area contributed by atoms with E-state index in [1.54, 1.807) is 6.07 Å². The largest absolute Gasteiger partial charge is 0.491 e. The molecule has 1 fully saturated rings. The molecule has 2 aromatic rings. The van der Waals surface area contributed by atoms with Crippen molar-refractivity contribution in [3.8, 4) is 5.75 Å². The molecular formula is C19H24N2O4. The normalized spacial score (nSPS) is 19.6. The fraction of sp³-hybridized carbons (Fsp3) is 0.474. The molecular weight excluding hydrogens is 320 g/mol. The van der Waals surface area contributed by atoms with Crippen LogP contribution in [0, 0.1) is 6.92 Å². The van der Waals surface area contributed by atoms with Gasteiger partial charge in [0.1, 0.15) is 24.2 Å². The number of hydrogen-bond acceptors (Lipinski definition) is 5. The van der Waals surface area contributed by atoms with Gasteiger partial charge in [-0.1, -0.05) is 23.4 Å². The Morgan fingerprint density at radius 3 is 2.80 bits per heavy atom. The number of hydrogen-bond donors (Lipinski definition) is 0. The number of aromatic nitrogens is 1. The molecule has 0 bridgehead atoms. The van der Waals surface area contributed by atoms with Gasteiger partial charge in [-0.05, 0) is 32.9 Å². The van der Waals surface area contributed by atoms with Gasteiger partial charge in [0.05, 0.1) is 24.3 Å². The molecule has 1 saturated heterocycles. The number of aryl methyl sites for hydroxylation is 1. The van der Waals surface area contributed by atoms with Gasteiger partial charge < -0.3 is 18.9 Å². The maximum Gasteiger partial charge on any atom is 0.228 e. The van der Waals surface area contributed by atoms with Crippen molar-refractivity contribution in [3.05, 3.63) is 47.9 Å². The van der Waals surface area contributed by atoms with E-state index < -0.39 is 5.60 Å². The number of ether oxygens (including phenoxy) is 2. The van der Waals surface area contributed by atoms with Gasteiger partial charge in [-0.3, -0.25) is 4.79 Å². The molecule has 25 heavy (non-hydrogen) atoms. The van der Waals surface area contributed by atoms with Crippen molar-refractivity contribution >= 4 is 5.91 Å². The molecule has 0 aliphatic carbocycles. The lowest BCUT2D eigenvalue weighted by Crippen LogP contribution is -2.56. The minimum atomic E-state index is -0.418. The molecule has 2 heterocycles. The van der Waals surface area contributed by atoms with E-state index in [4.69, 9.17) is 14.0 Å². The second kappa shape index (κ2) is 7.27. The smallest absolute Gasteiger partial charge is 0.228 e. The highest BCUT2D eigenvalue weighted by molar-refractivity contribution is 5.78. The molecule has 1 aromatic heterocycles. The van der Waals surface area contributed by atoms with Gasteiger partial charge in [0.25, 0.3) is 0 Å². The van der Waals surface area contributed by atoms with Crippen molar-refractivity contribution < 1.29 is 18.8 Å². The maximum absolute atomic E-state index is 12.6. The lowest BCUT2D eigenvalue weighted by molar-refractivity contribution is -0.165. The summed E-state index contributed by atoms with van der Waals surface area (Å²) in [6, 6.07) is 11.4. The highest BCUT2D eigenvalue weighted by Crippen LogP contribution is 2.22. The van der Waals surface area contributed by atoms with Crippen LogP contribution in [0.5, 0.6) is 5.75 Å². The molecule has 1 aromatic carbocycles. The third-order valence-corrected chi connectivity index (χ3v) is 4.02. The maximum atomic E-state index is 12.6. The average molecular weight is 344 g/mol. The molecule has 0 N–H and O–H groups in total. The van der Waals surface area contributed by atoms with Crippen LogP contribution in [0.1, 0.15) is 25.3 Å². The molecule has 6 heteroatoms. The predicted octanol–water partition coefficient (Wildman–Crippen LogP) is 2.61. The molecule has 0 spiro atoms. The van der Waals surface area contributed by atoms with E-state index in [0.29, 0.717) is 31.2 Å². The van der Waals surface area contributed by atoms with Crippen molar-refractivity contribution in [3.63, 3.8) is 0 Å². The standard InChI is InChI=1S/C19H24N2O4/c1-14-9-15(20-25-14)10-18(22)21-11-17(24-19(2,3)13-21)12-23-16-7-5-4-6-8-16/h4-9,17H,10-13H2,1-3H3/t17-/m1/s1. The zero-order valence-electron chi connectivity index (χ0n) is 14.9. The highest BCUT2D eigenvalue weighted by atomic mass is 16.5. The fourth-order valence-electron chi connectivity index (χ4n) is 3.05. The number of benzene rings is 1. The van der Waals surface area contributed by atoms with E-state index in [1.165, 1.54) is 0 Å². The van der Waals surface area contributed by atoms with Crippen molar-refractivity contribution in [2.75, 3.05) is 19.7 Å². The zero-order valence-corrected chi connectivity index (χ0v) is 14.9. The molecule has 0 unspecified atom stereocenters. The summed E-state index contributed by atoms with van der Waals surface area (Å²) in [5.41, 5.74) is 0.238. The lowest BCUT2D eigenvalue weighted by atomic mass is 10.0. The van der Waals surface area contributed by atoms with E-state index in [0.717, 1.165) is 5.75 Å². The van der Waals surface area contributed by atoms with Crippen LogP contribution in [0.25, 0.3) is 0 Å². The summed E-state index contributed by atoms with van der Waals surface area (Å²) in [5, 5.41) is 3.90. The highest BCUT2D eigenvalue weighted by Gasteiger charge is 2.36. The quantitative estimate of drug-likeness (QED) is 0.834. The number of nitrogens with zero attached hydrogens (tertiary/aromatic N) is 2. The number of carbonyl (C=O) groups is 1. The summed E-state index contributed by atoms with van der Waals surface area (Å²) in [7, 11) is 0. The van der Waals surface area contributed by atoms with Gasteiger partial charge in [0.2, 0.25) is 5.91 Å². The summed E-state index contributed by atoms with van der Waals surface area (Å²) in [5.74, 6) is 1.53. The van der Waals surface area contributed by atoms with Crippen LogP contribution in [0.15, 0.2) is 40.9 Å². The Labute approximate surface area is 147 Å². The van der Waals surface area contributed by atoms with Crippen LogP contribution < -0.4 is 4.74 Å². The number of para-hydroxylation sites is 1. The second-order valence-electron chi connectivity index (χ2n) is 7.00. The summed E-state index contributed by atoms with van der Waals surface area (Å²) in [6.45, 7) is 7.25. The first-order valence-corrected chi connectivity index (χ1v) is 8.47. The van der Waals surface area contributed by atoms with E-state index in [9.17, 15) is 4.79 Å². The first-order chi connectivity index (χ1) is 11.9. The number of carbonyl (C=O) groups excluding carboxylic acids is 1. The number of rotatable bonds is 5. The monoisotopic (exact) mass is 344 g/mol. The molecule has 1 aliphatic heterocycles. The topological polar surface area (TPSA) is 64.8 Å². The van der Waals surface area contributed by atoms with E-state index in [2.05, 4.69) is 5.16 Å². The molecule has 134 valence electrons. The Morgan fingerprint density at radius 1 is 1.36 bits per heavy atom. The number of morpholine rings is 1. The van der Waals surface area contributed by atoms with Crippen molar-refractivity contribution in [1.82, 2.24) is 10.1 Å². The third kappa shape index (κ3) is 4.82. The molecule has 1 amide bonds. The Bertz CT molecular complexity index is 711. The SMILES string of the molecule is Cc1cc(CC(=O)N2C[C@H](COc3ccccc3)OC(C)(C)C2)no1. The molecule has 1 aliphatic rings. The van der Waals surface area contributed by atoms with Crippen LogP contribution in [0.4, 0.5) is 0 Å². The summed E-state index contributed by atoms with van der Waals surface area (Å²) >= 11 is 0. The Balaban J connectivity index is 1.60. The van der Waals surface area contributed by atoms with Crippen LogP contribution in [-0.4, -0.2) is 47.4 Å². The van der Waals surface area contributed by atoms with Crippen LogP contribution in [0.3, 0.4) is 0 Å². The molecule has 6 nitrogen and oxygen atoms in total. The van der Waals surface area contributed by atoms with Crippen LogP contribution in [0.2, 0.25) is 0 Å². The minimum Gasteiger partial charge on any atom is -0.491 e. The van der Waals surface area contributed by atoms with Gasteiger partial charge in [0, 0.05) is 12.6 Å². The first kappa shape index (κ1) is 17.5. The Morgan fingerprint density at radius 2 is 2.12 bits per heavy atom. The van der Waals surface area contributed by atoms with E-state index in [-0.39, 0.29) is 18.4 Å². The van der Waals surface area contributed by atoms with Gasteiger partial charge in [-0.15, -0.1) is 0 Å². The Kier molecular flexibility index (Phi) is 5.08. The lowest BCUT2D eigenvalue weighted by Gasteiger charge is -2.42. The van der Waals surface area contributed by atoms with Crippen molar-refractivity contribution in [1.29, 1.82) is 0 Å². The second-order valence-corrected chi connectivity index (χ2v) is 7.00. The minimum absolute atomic E-state index is 0.0226. The van der Waals surface area contributed by atoms with Gasteiger partial charge in [-0.25, -0.2) is 0 Å². The Hall–Kier alpha value is -2.34. The zero-order chi connectivity index (χ0) is 17.9. The fourth-order valence-corrected chi connectivity index (χ4v) is 3.05. The molecule has 3 rings (SSSR count). The van der Waals surface area contributed by atoms with Crippen LogP contribution in [-0.2, 0) is 16.0 Å². The van der Waals surface area contributed by atoms with Gasteiger partial charge >= 0.3 is 0 Å². The van der Waals surface area contributed by atoms with E-state index >= 15 is 0 Å².